The fourth-order valence-electron chi connectivity index (χ4n) is 2.98. The van der Waals surface area contributed by atoms with Gasteiger partial charge in [0.05, 0.1) is 0 Å². The Morgan fingerprint density at radius 1 is 1.19 bits per heavy atom. The summed E-state index contributed by atoms with van der Waals surface area (Å²) in [5.74, 6) is 0.356. The Morgan fingerprint density at radius 3 is 2.50 bits per heavy atom. The minimum absolute atomic E-state index is 0.199. The van der Waals surface area contributed by atoms with Crippen molar-refractivity contribution in [2.45, 2.75) is 24.8 Å². The van der Waals surface area contributed by atoms with Gasteiger partial charge in [-0.1, -0.05) is 40.2 Å². The van der Waals surface area contributed by atoms with Crippen molar-refractivity contribution in [2.75, 3.05) is 13.6 Å². The van der Waals surface area contributed by atoms with E-state index in [0.29, 0.717) is 12.1 Å². The van der Waals surface area contributed by atoms with Crippen LogP contribution in [0, 0.1) is 0 Å². The van der Waals surface area contributed by atoms with Crippen LogP contribution in [0.15, 0.2) is 58.0 Å². The van der Waals surface area contributed by atoms with Gasteiger partial charge in [0.2, 0.25) is 5.91 Å². The molecule has 2 aromatic rings. The zero-order chi connectivity index (χ0) is 18.6. The molecule has 0 bridgehead atoms. The van der Waals surface area contributed by atoms with Crippen molar-refractivity contribution in [3.63, 3.8) is 0 Å². The summed E-state index contributed by atoms with van der Waals surface area (Å²) in [6, 6.07) is 15.8. The minimum Gasteiger partial charge on any atom is -0.366 e. The molecule has 5 nitrogen and oxygen atoms in total. The Kier molecular flexibility index (Phi) is 5.61. The highest BCUT2D eigenvalue weighted by Gasteiger charge is 2.44. The highest BCUT2D eigenvalue weighted by atomic mass is 79.9. The molecule has 0 aliphatic heterocycles. The van der Waals surface area contributed by atoms with Crippen molar-refractivity contribution < 1.29 is 4.79 Å². The lowest BCUT2D eigenvalue weighted by Crippen LogP contribution is -2.40. The number of guanidine groups is 1. The Bertz CT molecular complexity index is 813. The molecule has 0 aromatic heterocycles. The van der Waals surface area contributed by atoms with Crippen LogP contribution in [0.5, 0.6) is 0 Å². The average Bonchev–Trinajstić information content (AvgIpc) is 3.43. The van der Waals surface area contributed by atoms with Crippen molar-refractivity contribution in [3.05, 3.63) is 69.7 Å². The standard InChI is InChI=1S/C20H23BrN4O/c1-23-19(24-12-14-5-7-15(8-6-14)18(22)26)25-13-20(9-10-20)16-3-2-4-17(21)11-16/h2-8,11H,9-10,12-13H2,1H3,(H2,22,26)(H2,23,24,25). The molecule has 1 saturated carbocycles. The molecule has 0 radical (unpaired) electrons. The first kappa shape index (κ1) is 18.5. The zero-order valence-corrected chi connectivity index (χ0v) is 16.3. The van der Waals surface area contributed by atoms with E-state index in [-0.39, 0.29) is 5.41 Å². The third kappa shape index (κ3) is 4.43. The van der Waals surface area contributed by atoms with E-state index >= 15 is 0 Å². The van der Waals surface area contributed by atoms with Crippen LogP contribution in [0.1, 0.15) is 34.3 Å². The van der Waals surface area contributed by atoms with Gasteiger partial charge in [0.1, 0.15) is 0 Å². The maximum absolute atomic E-state index is 11.1. The summed E-state index contributed by atoms with van der Waals surface area (Å²) in [7, 11) is 1.77. The molecule has 136 valence electrons. The number of halogens is 1. The Morgan fingerprint density at radius 2 is 1.92 bits per heavy atom. The van der Waals surface area contributed by atoms with Gasteiger partial charge in [-0.2, -0.15) is 0 Å². The minimum atomic E-state index is -0.413. The number of amides is 1. The summed E-state index contributed by atoms with van der Waals surface area (Å²) in [5.41, 5.74) is 8.40. The topological polar surface area (TPSA) is 79.5 Å². The molecule has 0 spiro atoms. The molecule has 3 rings (SSSR count). The third-order valence-corrected chi connectivity index (χ3v) is 5.30. The molecule has 0 unspecified atom stereocenters. The predicted octanol–water partition coefficient (Wildman–Crippen LogP) is 2.94. The summed E-state index contributed by atoms with van der Waals surface area (Å²) in [4.78, 5) is 15.4. The first-order chi connectivity index (χ1) is 12.5. The maximum atomic E-state index is 11.1. The molecule has 4 N–H and O–H groups in total. The first-order valence-electron chi connectivity index (χ1n) is 8.62. The molecule has 6 heteroatoms. The first-order valence-corrected chi connectivity index (χ1v) is 9.41. The van der Waals surface area contributed by atoms with E-state index in [4.69, 9.17) is 5.73 Å². The van der Waals surface area contributed by atoms with Crippen LogP contribution in [0.3, 0.4) is 0 Å². The molecule has 1 aliphatic carbocycles. The normalized spacial score (nSPS) is 15.4. The highest BCUT2D eigenvalue weighted by molar-refractivity contribution is 9.10. The molecular formula is C20H23BrN4O. The molecule has 0 saturated heterocycles. The molecule has 1 amide bonds. The lowest BCUT2D eigenvalue weighted by molar-refractivity contribution is 0.100. The summed E-state index contributed by atoms with van der Waals surface area (Å²) in [6.45, 7) is 1.48. The highest BCUT2D eigenvalue weighted by Crippen LogP contribution is 2.48. The lowest BCUT2D eigenvalue weighted by atomic mass is 9.96. The van der Waals surface area contributed by atoms with Crippen LogP contribution < -0.4 is 16.4 Å². The summed E-state index contributed by atoms with van der Waals surface area (Å²) < 4.78 is 1.11. The fraction of sp³-hybridized carbons (Fsp3) is 0.300. The SMILES string of the molecule is CN=C(NCc1ccc(C(N)=O)cc1)NCC1(c2cccc(Br)c2)CC1. The van der Waals surface area contributed by atoms with Crippen molar-refractivity contribution in [1.82, 2.24) is 10.6 Å². The molecule has 0 heterocycles. The molecule has 26 heavy (non-hydrogen) atoms. The van der Waals surface area contributed by atoms with Gasteiger partial charge in [0.15, 0.2) is 5.96 Å². The number of primary amides is 1. The quantitative estimate of drug-likeness (QED) is 0.502. The summed E-state index contributed by atoms with van der Waals surface area (Å²) in [5, 5.41) is 6.75. The van der Waals surface area contributed by atoms with E-state index in [0.717, 1.165) is 22.5 Å². The molecule has 0 atom stereocenters. The van der Waals surface area contributed by atoms with E-state index in [2.05, 4.69) is 55.8 Å². The average molecular weight is 415 g/mol. The van der Waals surface area contributed by atoms with E-state index in [1.807, 2.05) is 12.1 Å². The Hall–Kier alpha value is -2.34. The predicted molar refractivity (Wildman–Crippen MR) is 108 cm³/mol. The van der Waals surface area contributed by atoms with Crippen molar-refractivity contribution in [2.24, 2.45) is 10.7 Å². The molecular weight excluding hydrogens is 392 g/mol. The van der Waals surface area contributed by atoms with Gasteiger partial charge in [-0.25, -0.2) is 0 Å². The number of carbonyl (C=O) groups excluding carboxylic acids is 1. The van der Waals surface area contributed by atoms with E-state index in [1.165, 1.54) is 18.4 Å². The smallest absolute Gasteiger partial charge is 0.248 e. The number of nitrogens with two attached hydrogens (primary N) is 1. The number of rotatable bonds is 6. The Labute approximate surface area is 162 Å². The summed E-state index contributed by atoms with van der Waals surface area (Å²) >= 11 is 3.56. The van der Waals surface area contributed by atoms with Gasteiger partial charge in [-0.15, -0.1) is 0 Å². The second-order valence-corrected chi connectivity index (χ2v) is 7.55. The van der Waals surface area contributed by atoms with Gasteiger partial charge in [0, 0.05) is 35.6 Å². The second-order valence-electron chi connectivity index (χ2n) is 6.63. The van der Waals surface area contributed by atoms with Crippen molar-refractivity contribution in [3.8, 4) is 0 Å². The van der Waals surface area contributed by atoms with Gasteiger partial charge in [-0.3, -0.25) is 9.79 Å². The van der Waals surface area contributed by atoms with Gasteiger partial charge in [-0.05, 0) is 48.2 Å². The maximum Gasteiger partial charge on any atom is 0.248 e. The number of hydrogen-bond acceptors (Lipinski definition) is 2. The summed E-state index contributed by atoms with van der Waals surface area (Å²) in [6.07, 6.45) is 2.37. The number of nitrogens with zero attached hydrogens (tertiary/aromatic N) is 1. The largest absolute Gasteiger partial charge is 0.366 e. The van der Waals surface area contributed by atoms with Crippen molar-refractivity contribution >= 4 is 27.8 Å². The van der Waals surface area contributed by atoms with Crippen LogP contribution in [-0.4, -0.2) is 25.5 Å². The van der Waals surface area contributed by atoms with E-state index in [1.54, 1.807) is 19.2 Å². The van der Waals surface area contributed by atoms with E-state index < -0.39 is 5.91 Å². The number of aliphatic imine (C=N–C) groups is 1. The van der Waals surface area contributed by atoms with Crippen LogP contribution in [0.25, 0.3) is 0 Å². The van der Waals surface area contributed by atoms with Gasteiger partial charge < -0.3 is 16.4 Å². The Balaban J connectivity index is 1.54. The van der Waals surface area contributed by atoms with E-state index in [9.17, 15) is 4.79 Å². The lowest BCUT2D eigenvalue weighted by Gasteiger charge is -2.19. The number of nitrogens with one attached hydrogen (secondary N) is 2. The van der Waals surface area contributed by atoms with Crippen LogP contribution in [0.2, 0.25) is 0 Å². The zero-order valence-electron chi connectivity index (χ0n) is 14.8. The number of carbonyl (C=O) groups is 1. The monoisotopic (exact) mass is 414 g/mol. The van der Waals surface area contributed by atoms with Crippen LogP contribution in [-0.2, 0) is 12.0 Å². The molecule has 1 aliphatic rings. The van der Waals surface area contributed by atoms with Gasteiger partial charge >= 0.3 is 0 Å². The number of benzene rings is 2. The van der Waals surface area contributed by atoms with Crippen LogP contribution in [0.4, 0.5) is 0 Å². The third-order valence-electron chi connectivity index (χ3n) is 4.81. The second kappa shape index (κ2) is 7.91. The van der Waals surface area contributed by atoms with Crippen molar-refractivity contribution in [1.29, 1.82) is 0 Å². The fourth-order valence-corrected chi connectivity index (χ4v) is 3.38. The molecule has 1 fully saturated rings. The van der Waals surface area contributed by atoms with Gasteiger partial charge in [0.25, 0.3) is 0 Å². The molecule has 2 aromatic carbocycles. The van der Waals surface area contributed by atoms with Crippen LogP contribution >= 0.6 is 15.9 Å². The number of hydrogen-bond donors (Lipinski definition) is 3.